The topological polar surface area (TPSA) is 63.8 Å². The molecule has 5 nitrogen and oxygen atoms in total. The molecule has 0 aromatic carbocycles. The third-order valence-corrected chi connectivity index (χ3v) is 3.18. The van der Waals surface area contributed by atoms with Gasteiger partial charge in [-0.1, -0.05) is 32.4 Å². The standard InChI is InChI=1S/C13H17ClN4O/c1-8-5-10(16-7-15-8)18-12(14)9(6-19)11(17-18)13(2,3)4/h5,7,19H,6H2,1-4H3. The lowest BCUT2D eigenvalue weighted by molar-refractivity contribution is 0.278. The lowest BCUT2D eigenvalue weighted by atomic mass is 9.90. The molecule has 2 aromatic rings. The fourth-order valence-electron chi connectivity index (χ4n) is 1.88. The van der Waals surface area contributed by atoms with Crippen LogP contribution < -0.4 is 0 Å². The zero-order valence-corrected chi connectivity index (χ0v) is 12.2. The predicted octanol–water partition coefficient (Wildman–Crippen LogP) is 2.41. The lowest BCUT2D eigenvalue weighted by Gasteiger charge is -2.16. The Hall–Kier alpha value is -1.46. The Kier molecular flexibility index (Phi) is 3.60. The van der Waals surface area contributed by atoms with Crippen molar-refractivity contribution in [2.75, 3.05) is 0 Å². The number of aromatic nitrogens is 4. The highest BCUT2D eigenvalue weighted by atomic mass is 35.5. The van der Waals surface area contributed by atoms with E-state index < -0.39 is 0 Å². The van der Waals surface area contributed by atoms with Gasteiger partial charge in [-0.25, -0.2) is 14.6 Å². The molecule has 0 radical (unpaired) electrons. The SMILES string of the molecule is Cc1cc(-n2nc(C(C)(C)C)c(CO)c2Cl)ncn1. The molecule has 0 aliphatic carbocycles. The number of aryl methyl sites for hydroxylation is 1. The van der Waals surface area contributed by atoms with Crippen molar-refractivity contribution >= 4 is 11.6 Å². The predicted molar refractivity (Wildman–Crippen MR) is 73.5 cm³/mol. The van der Waals surface area contributed by atoms with Crippen LogP contribution in [0.3, 0.4) is 0 Å². The molecule has 2 rings (SSSR count). The monoisotopic (exact) mass is 280 g/mol. The third-order valence-electron chi connectivity index (χ3n) is 2.80. The van der Waals surface area contributed by atoms with Gasteiger partial charge in [-0.2, -0.15) is 5.10 Å². The van der Waals surface area contributed by atoms with Crippen molar-refractivity contribution in [3.8, 4) is 5.82 Å². The molecular weight excluding hydrogens is 264 g/mol. The van der Waals surface area contributed by atoms with E-state index in [0.29, 0.717) is 16.5 Å². The molecule has 102 valence electrons. The highest BCUT2D eigenvalue weighted by molar-refractivity contribution is 6.30. The Morgan fingerprint density at radius 3 is 2.47 bits per heavy atom. The van der Waals surface area contributed by atoms with Gasteiger partial charge in [-0.05, 0) is 6.92 Å². The van der Waals surface area contributed by atoms with E-state index in [1.165, 1.54) is 6.33 Å². The lowest BCUT2D eigenvalue weighted by Crippen LogP contribution is -2.15. The van der Waals surface area contributed by atoms with Gasteiger partial charge >= 0.3 is 0 Å². The quantitative estimate of drug-likeness (QED) is 0.917. The number of hydrogen-bond donors (Lipinski definition) is 1. The van der Waals surface area contributed by atoms with Crippen molar-refractivity contribution in [2.45, 2.75) is 39.7 Å². The normalized spacial score (nSPS) is 11.9. The first-order valence-electron chi connectivity index (χ1n) is 6.02. The van der Waals surface area contributed by atoms with E-state index in [1.54, 1.807) is 10.7 Å². The van der Waals surface area contributed by atoms with Crippen molar-refractivity contribution in [2.24, 2.45) is 0 Å². The van der Waals surface area contributed by atoms with Crippen LogP contribution in [-0.2, 0) is 12.0 Å². The van der Waals surface area contributed by atoms with Crippen molar-refractivity contribution in [1.29, 1.82) is 0 Å². The molecule has 0 fully saturated rings. The number of aliphatic hydroxyl groups is 1. The molecule has 2 aromatic heterocycles. The molecule has 0 saturated heterocycles. The second-order valence-electron chi connectivity index (χ2n) is 5.46. The summed E-state index contributed by atoms with van der Waals surface area (Å²) in [6.45, 7) is 7.82. The van der Waals surface area contributed by atoms with E-state index in [4.69, 9.17) is 11.6 Å². The number of halogens is 1. The van der Waals surface area contributed by atoms with Crippen LogP contribution in [0.25, 0.3) is 5.82 Å². The zero-order valence-electron chi connectivity index (χ0n) is 11.5. The van der Waals surface area contributed by atoms with Gasteiger partial charge in [0, 0.05) is 22.7 Å². The minimum atomic E-state index is -0.199. The molecule has 0 spiro atoms. The van der Waals surface area contributed by atoms with Crippen LogP contribution in [0.5, 0.6) is 0 Å². The number of rotatable bonds is 2. The molecule has 2 heterocycles. The molecule has 0 amide bonds. The minimum Gasteiger partial charge on any atom is -0.391 e. The smallest absolute Gasteiger partial charge is 0.158 e. The summed E-state index contributed by atoms with van der Waals surface area (Å²) in [7, 11) is 0. The fraction of sp³-hybridized carbons (Fsp3) is 0.462. The van der Waals surface area contributed by atoms with Crippen molar-refractivity contribution in [3.05, 3.63) is 34.5 Å². The number of hydrogen-bond acceptors (Lipinski definition) is 4. The number of aliphatic hydroxyl groups excluding tert-OH is 1. The first kappa shape index (κ1) is 14.0. The van der Waals surface area contributed by atoms with Crippen LogP contribution in [-0.4, -0.2) is 24.9 Å². The Labute approximate surface area is 117 Å². The van der Waals surface area contributed by atoms with Crippen LogP contribution in [0.2, 0.25) is 5.15 Å². The van der Waals surface area contributed by atoms with Crippen LogP contribution >= 0.6 is 11.6 Å². The Morgan fingerprint density at radius 2 is 2.00 bits per heavy atom. The summed E-state index contributed by atoms with van der Waals surface area (Å²) >= 11 is 6.30. The molecule has 0 unspecified atom stereocenters. The first-order valence-corrected chi connectivity index (χ1v) is 6.40. The van der Waals surface area contributed by atoms with Gasteiger partial charge in [-0.3, -0.25) is 0 Å². The van der Waals surface area contributed by atoms with E-state index in [0.717, 1.165) is 11.4 Å². The van der Waals surface area contributed by atoms with E-state index in [9.17, 15) is 5.11 Å². The van der Waals surface area contributed by atoms with E-state index >= 15 is 0 Å². The van der Waals surface area contributed by atoms with Gasteiger partial charge in [0.15, 0.2) is 5.82 Å². The highest BCUT2D eigenvalue weighted by Crippen LogP contribution is 2.31. The molecule has 0 aliphatic rings. The van der Waals surface area contributed by atoms with Gasteiger partial charge in [0.25, 0.3) is 0 Å². The van der Waals surface area contributed by atoms with E-state index in [1.807, 2.05) is 27.7 Å². The molecule has 0 aliphatic heterocycles. The van der Waals surface area contributed by atoms with Crippen molar-refractivity contribution in [3.63, 3.8) is 0 Å². The highest BCUT2D eigenvalue weighted by Gasteiger charge is 2.26. The third kappa shape index (κ3) is 2.62. The van der Waals surface area contributed by atoms with Gasteiger partial charge in [0.05, 0.1) is 12.3 Å². The zero-order chi connectivity index (χ0) is 14.2. The van der Waals surface area contributed by atoms with Crippen LogP contribution in [0.1, 0.15) is 37.7 Å². The van der Waals surface area contributed by atoms with Crippen molar-refractivity contribution in [1.82, 2.24) is 19.7 Å². The van der Waals surface area contributed by atoms with Crippen LogP contribution in [0, 0.1) is 6.92 Å². The fourth-order valence-corrected chi connectivity index (χ4v) is 2.15. The minimum absolute atomic E-state index is 0.143. The molecule has 0 saturated carbocycles. The Bertz CT molecular complexity index is 601. The number of nitrogens with zero attached hydrogens (tertiary/aromatic N) is 4. The summed E-state index contributed by atoms with van der Waals surface area (Å²) in [5, 5.41) is 14.4. The van der Waals surface area contributed by atoms with E-state index in [2.05, 4.69) is 15.1 Å². The summed E-state index contributed by atoms with van der Waals surface area (Å²) in [6.07, 6.45) is 1.47. The second kappa shape index (κ2) is 4.90. The summed E-state index contributed by atoms with van der Waals surface area (Å²) in [5.41, 5.74) is 2.05. The van der Waals surface area contributed by atoms with Crippen molar-refractivity contribution < 1.29 is 5.11 Å². The molecular formula is C13H17ClN4O. The Balaban J connectivity index is 2.63. The Morgan fingerprint density at radius 1 is 1.32 bits per heavy atom. The van der Waals surface area contributed by atoms with E-state index in [-0.39, 0.29) is 12.0 Å². The molecule has 0 bridgehead atoms. The summed E-state index contributed by atoms with van der Waals surface area (Å²) in [5.74, 6) is 0.600. The first-order chi connectivity index (χ1) is 8.84. The molecule has 19 heavy (non-hydrogen) atoms. The largest absolute Gasteiger partial charge is 0.391 e. The van der Waals surface area contributed by atoms with Gasteiger partial charge < -0.3 is 5.11 Å². The van der Waals surface area contributed by atoms with Gasteiger partial charge in [-0.15, -0.1) is 0 Å². The maximum atomic E-state index is 9.51. The van der Waals surface area contributed by atoms with Crippen LogP contribution in [0.15, 0.2) is 12.4 Å². The van der Waals surface area contributed by atoms with Gasteiger partial charge in [0.1, 0.15) is 11.5 Å². The average molecular weight is 281 g/mol. The maximum absolute atomic E-state index is 9.51. The summed E-state index contributed by atoms with van der Waals surface area (Å²) in [4.78, 5) is 8.21. The molecule has 6 heteroatoms. The molecule has 0 atom stereocenters. The summed E-state index contributed by atoms with van der Waals surface area (Å²) < 4.78 is 1.54. The van der Waals surface area contributed by atoms with Crippen LogP contribution in [0.4, 0.5) is 0 Å². The second-order valence-corrected chi connectivity index (χ2v) is 5.81. The average Bonchev–Trinajstić information content (AvgIpc) is 2.66. The van der Waals surface area contributed by atoms with Gasteiger partial charge in [0.2, 0.25) is 0 Å². The summed E-state index contributed by atoms with van der Waals surface area (Å²) in [6, 6.07) is 1.80. The maximum Gasteiger partial charge on any atom is 0.158 e. The molecule has 1 N–H and O–H groups in total.